The predicted molar refractivity (Wildman–Crippen MR) is 111 cm³/mol. The summed E-state index contributed by atoms with van der Waals surface area (Å²) in [4.78, 5) is 27.5. The molecule has 2 amide bonds. The molecule has 0 unspecified atom stereocenters. The van der Waals surface area contributed by atoms with E-state index in [2.05, 4.69) is 10.2 Å². The van der Waals surface area contributed by atoms with Crippen LogP contribution in [0.2, 0.25) is 0 Å². The van der Waals surface area contributed by atoms with E-state index in [9.17, 15) is 9.59 Å². The number of hydrogen-bond donors (Lipinski definition) is 1. The van der Waals surface area contributed by atoms with Gasteiger partial charge in [-0.15, -0.1) is 0 Å². The highest BCUT2D eigenvalue weighted by atomic mass is 16.6. The molecular weight excluding hydrogens is 368 g/mol. The van der Waals surface area contributed by atoms with Crippen molar-refractivity contribution in [1.29, 1.82) is 0 Å². The molecule has 3 aliphatic rings. The zero-order chi connectivity index (χ0) is 20.2. The molecule has 1 N–H and O–H groups in total. The van der Waals surface area contributed by atoms with Crippen molar-refractivity contribution >= 4 is 17.7 Å². The molecule has 1 heterocycles. The van der Waals surface area contributed by atoms with Crippen LogP contribution in [0, 0.1) is 5.92 Å². The van der Waals surface area contributed by atoms with Crippen LogP contribution in [0.1, 0.15) is 74.6 Å². The van der Waals surface area contributed by atoms with Crippen molar-refractivity contribution in [2.24, 2.45) is 5.92 Å². The fraction of sp³-hybridized carbons (Fsp3) is 0.652. The fourth-order valence-corrected chi connectivity index (χ4v) is 5.28. The predicted octanol–water partition coefficient (Wildman–Crippen LogP) is 4.98. The molecule has 6 heteroatoms. The van der Waals surface area contributed by atoms with E-state index in [1.54, 1.807) is 25.3 Å². The lowest BCUT2D eigenvalue weighted by Crippen LogP contribution is -2.49. The third-order valence-electron chi connectivity index (χ3n) is 6.76. The van der Waals surface area contributed by atoms with Gasteiger partial charge in [-0.25, -0.2) is 4.79 Å². The van der Waals surface area contributed by atoms with E-state index in [0.717, 1.165) is 45.1 Å². The van der Waals surface area contributed by atoms with Gasteiger partial charge in [0.25, 0.3) is 5.91 Å². The second-order valence-corrected chi connectivity index (χ2v) is 8.60. The Balaban J connectivity index is 1.45. The quantitative estimate of drug-likeness (QED) is 0.774. The smallest absolute Gasteiger partial charge is 0.411 e. The average molecular weight is 401 g/mol. The van der Waals surface area contributed by atoms with Crippen molar-refractivity contribution in [3.63, 3.8) is 0 Å². The summed E-state index contributed by atoms with van der Waals surface area (Å²) in [6, 6.07) is 5.59. The number of anilines is 1. The molecule has 1 aromatic rings. The van der Waals surface area contributed by atoms with Crippen LogP contribution in [0.4, 0.5) is 10.5 Å². The Morgan fingerprint density at radius 1 is 1.00 bits per heavy atom. The highest BCUT2D eigenvalue weighted by Gasteiger charge is 2.36. The molecule has 4 rings (SSSR count). The van der Waals surface area contributed by atoms with Gasteiger partial charge in [0, 0.05) is 24.3 Å². The molecule has 2 atom stereocenters. The van der Waals surface area contributed by atoms with Crippen LogP contribution in [-0.2, 0) is 4.74 Å². The van der Waals surface area contributed by atoms with E-state index in [0.29, 0.717) is 29.0 Å². The molecule has 3 fully saturated rings. The standard InChI is InChI=1S/C23H32N2O4/c1-28-21-15-17(24-23(27)29-18-9-3-4-10-18)12-13-19(21)22(26)25-14-6-8-16-7-2-5-11-20(16)25/h12-13,15-16,18,20H,2-11,14H2,1H3,(H,24,27)/t16-,20-/m1/s1. The maximum atomic E-state index is 13.3. The van der Waals surface area contributed by atoms with Gasteiger partial charge >= 0.3 is 6.09 Å². The number of piperidine rings is 1. The molecule has 6 nitrogen and oxygen atoms in total. The van der Waals surface area contributed by atoms with Gasteiger partial charge in [-0.05, 0) is 69.4 Å². The molecule has 1 aromatic carbocycles. The lowest BCUT2D eigenvalue weighted by atomic mass is 9.78. The molecule has 0 bridgehead atoms. The normalized spacial score (nSPS) is 24.7. The molecule has 2 saturated carbocycles. The Bertz CT molecular complexity index is 742. The molecule has 0 aromatic heterocycles. The van der Waals surface area contributed by atoms with Crippen molar-refractivity contribution in [2.75, 3.05) is 19.0 Å². The largest absolute Gasteiger partial charge is 0.496 e. The maximum Gasteiger partial charge on any atom is 0.411 e. The number of likely N-dealkylation sites (tertiary alicyclic amines) is 1. The summed E-state index contributed by atoms with van der Waals surface area (Å²) in [5, 5.41) is 2.77. The van der Waals surface area contributed by atoms with Crippen LogP contribution in [0.15, 0.2) is 18.2 Å². The van der Waals surface area contributed by atoms with Crippen LogP contribution in [-0.4, -0.2) is 42.7 Å². The van der Waals surface area contributed by atoms with Gasteiger partial charge in [0.2, 0.25) is 0 Å². The van der Waals surface area contributed by atoms with Gasteiger partial charge in [-0.2, -0.15) is 0 Å². The van der Waals surface area contributed by atoms with Crippen molar-refractivity contribution < 1.29 is 19.1 Å². The third-order valence-corrected chi connectivity index (χ3v) is 6.76. The number of nitrogens with one attached hydrogen (secondary N) is 1. The molecular formula is C23H32N2O4. The molecule has 0 spiro atoms. The summed E-state index contributed by atoms with van der Waals surface area (Å²) in [7, 11) is 1.56. The van der Waals surface area contributed by atoms with E-state index in [1.807, 2.05) is 0 Å². The Kier molecular flexibility index (Phi) is 6.26. The van der Waals surface area contributed by atoms with Crippen molar-refractivity contribution in [1.82, 2.24) is 4.90 Å². The molecule has 1 aliphatic heterocycles. The number of carbonyl (C=O) groups is 2. The number of hydrogen-bond acceptors (Lipinski definition) is 4. The minimum absolute atomic E-state index is 0.0142. The SMILES string of the molecule is COc1cc(NC(=O)OC2CCCC2)ccc1C(=O)N1CCC[C@H]2CCCC[C@H]21. The highest BCUT2D eigenvalue weighted by molar-refractivity contribution is 5.98. The van der Waals surface area contributed by atoms with Crippen LogP contribution >= 0.6 is 0 Å². The summed E-state index contributed by atoms with van der Waals surface area (Å²) in [6.07, 6.45) is 10.8. The molecule has 1 saturated heterocycles. The monoisotopic (exact) mass is 400 g/mol. The van der Waals surface area contributed by atoms with E-state index in [-0.39, 0.29) is 12.0 Å². The van der Waals surface area contributed by atoms with Gasteiger partial charge < -0.3 is 14.4 Å². The number of rotatable bonds is 4. The Morgan fingerprint density at radius 3 is 2.52 bits per heavy atom. The average Bonchev–Trinajstić information content (AvgIpc) is 3.25. The number of methoxy groups -OCH3 is 1. The second-order valence-electron chi connectivity index (χ2n) is 8.60. The Labute approximate surface area is 172 Å². The lowest BCUT2D eigenvalue weighted by Gasteiger charge is -2.44. The summed E-state index contributed by atoms with van der Waals surface area (Å²) in [5.41, 5.74) is 1.14. The summed E-state index contributed by atoms with van der Waals surface area (Å²) < 4.78 is 11.0. The van der Waals surface area contributed by atoms with Gasteiger partial charge in [0.05, 0.1) is 12.7 Å². The number of benzene rings is 1. The van der Waals surface area contributed by atoms with Crippen molar-refractivity contribution in [3.05, 3.63) is 23.8 Å². The van der Waals surface area contributed by atoms with E-state index in [4.69, 9.17) is 9.47 Å². The molecule has 29 heavy (non-hydrogen) atoms. The molecule has 158 valence electrons. The first-order valence-corrected chi connectivity index (χ1v) is 11.1. The lowest BCUT2D eigenvalue weighted by molar-refractivity contribution is 0.0388. The van der Waals surface area contributed by atoms with Crippen LogP contribution in [0.3, 0.4) is 0 Å². The first-order valence-electron chi connectivity index (χ1n) is 11.1. The third kappa shape index (κ3) is 4.51. The van der Waals surface area contributed by atoms with Gasteiger partial charge in [0.1, 0.15) is 11.9 Å². The van der Waals surface area contributed by atoms with Crippen LogP contribution in [0.5, 0.6) is 5.75 Å². The molecule has 0 radical (unpaired) electrons. The summed E-state index contributed by atoms with van der Waals surface area (Å²) in [6.45, 7) is 0.816. The Hall–Kier alpha value is -2.24. The zero-order valence-corrected chi connectivity index (χ0v) is 17.3. The van der Waals surface area contributed by atoms with Crippen molar-refractivity contribution in [3.8, 4) is 5.75 Å². The van der Waals surface area contributed by atoms with Crippen LogP contribution < -0.4 is 10.1 Å². The van der Waals surface area contributed by atoms with Crippen LogP contribution in [0.25, 0.3) is 0 Å². The summed E-state index contributed by atoms with van der Waals surface area (Å²) >= 11 is 0. The van der Waals surface area contributed by atoms with Gasteiger partial charge in [0.15, 0.2) is 0 Å². The van der Waals surface area contributed by atoms with E-state index in [1.165, 1.54) is 25.7 Å². The number of carbonyl (C=O) groups excluding carboxylic acids is 2. The number of fused-ring (bicyclic) bond motifs is 1. The first kappa shape index (κ1) is 20.0. The highest BCUT2D eigenvalue weighted by Crippen LogP contribution is 2.37. The zero-order valence-electron chi connectivity index (χ0n) is 17.3. The van der Waals surface area contributed by atoms with E-state index < -0.39 is 6.09 Å². The number of amides is 2. The number of nitrogens with zero attached hydrogens (tertiary/aromatic N) is 1. The second kappa shape index (κ2) is 9.06. The first-order chi connectivity index (χ1) is 14.2. The molecule has 2 aliphatic carbocycles. The topological polar surface area (TPSA) is 67.9 Å². The number of ether oxygens (including phenoxy) is 2. The fourth-order valence-electron chi connectivity index (χ4n) is 5.28. The van der Waals surface area contributed by atoms with Crippen molar-refractivity contribution in [2.45, 2.75) is 76.4 Å². The maximum absolute atomic E-state index is 13.3. The minimum atomic E-state index is -0.445. The van der Waals surface area contributed by atoms with Gasteiger partial charge in [-0.1, -0.05) is 12.8 Å². The minimum Gasteiger partial charge on any atom is -0.496 e. The van der Waals surface area contributed by atoms with E-state index >= 15 is 0 Å². The van der Waals surface area contributed by atoms with Gasteiger partial charge in [-0.3, -0.25) is 10.1 Å². The Morgan fingerprint density at radius 2 is 1.72 bits per heavy atom. The summed E-state index contributed by atoms with van der Waals surface area (Å²) in [5.74, 6) is 1.17.